The van der Waals surface area contributed by atoms with Crippen LogP contribution in [0.3, 0.4) is 0 Å². The van der Waals surface area contributed by atoms with Crippen molar-refractivity contribution in [1.82, 2.24) is 0 Å². The van der Waals surface area contributed by atoms with E-state index >= 15 is 0 Å². The normalized spacial score (nSPS) is 9.89. The molecule has 1 amide bonds. The molecule has 98 valence electrons. The van der Waals surface area contributed by atoms with Gasteiger partial charge in [0.2, 0.25) is 0 Å². The summed E-state index contributed by atoms with van der Waals surface area (Å²) < 4.78 is 10.9. The number of para-hydroxylation sites is 2. The van der Waals surface area contributed by atoms with Gasteiger partial charge in [0.15, 0.2) is 18.1 Å². The van der Waals surface area contributed by atoms with Crippen LogP contribution in [-0.2, 0) is 4.79 Å². The Balaban J connectivity index is 2.15. The molecule has 0 saturated carbocycles. The third-order valence-electron chi connectivity index (χ3n) is 2.33. The number of nitrogens with two attached hydrogens (primary N) is 2. The molecule has 2 rings (SSSR count). The summed E-state index contributed by atoms with van der Waals surface area (Å²) in [5, 5.41) is 0. The largest absolute Gasteiger partial charge is 0.480 e. The highest BCUT2D eigenvalue weighted by molar-refractivity contribution is 5.75. The first-order valence-electron chi connectivity index (χ1n) is 5.68. The first-order valence-corrected chi connectivity index (χ1v) is 5.68. The number of carbonyl (C=O) groups is 1. The summed E-state index contributed by atoms with van der Waals surface area (Å²) in [5.74, 6) is 1.05. The van der Waals surface area contributed by atoms with Gasteiger partial charge in [-0.15, -0.1) is 0 Å². The zero-order valence-corrected chi connectivity index (χ0v) is 10.2. The molecule has 5 nitrogen and oxygen atoms in total. The molecule has 2 aromatic rings. The number of hydrogen-bond acceptors (Lipinski definition) is 4. The fourth-order valence-corrected chi connectivity index (χ4v) is 1.47. The molecule has 0 aliphatic rings. The van der Waals surface area contributed by atoms with Crippen molar-refractivity contribution in [2.24, 2.45) is 5.73 Å². The molecule has 0 radical (unpaired) electrons. The second kappa shape index (κ2) is 5.77. The molecule has 0 saturated heterocycles. The van der Waals surface area contributed by atoms with Crippen LogP contribution >= 0.6 is 0 Å². The zero-order chi connectivity index (χ0) is 13.7. The lowest BCUT2D eigenvalue weighted by Gasteiger charge is -2.11. The number of nitrogen functional groups attached to an aromatic ring is 1. The van der Waals surface area contributed by atoms with E-state index in [9.17, 15) is 4.79 Å². The van der Waals surface area contributed by atoms with Crippen LogP contribution in [0.2, 0.25) is 0 Å². The maximum absolute atomic E-state index is 10.7. The molecule has 0 heterocycles. The van der Waals surface area contributed by atoms with E-state index < -0.39 is 5.91 Å². The number of anilines is 1. The fraction of sp³-hybridized carbons (Fsp3) is 0.0714. The molecule has 0 aliphatic carbocycles. The lowest BCUT2D eigenvalue weighted by molar-refractivity contribution is -0.119. The maximum Gasteiger partial charge on any atom is 0.255 e. The minimum atomic E-state index is -0.540. The lowest BCUT2D eigenvalue weighted by atomic mass is 10.3. The van der Waals surface area contributed by atoms with Crippen molar-refractivity contribution < 1.29 is 14.3 Å². The Morgan fingerprint density at radius 3 is 2.26 bits per heavy atom. The van der Waals surface area contributed by atoms with Gasteiger partial charge in [0, 0.05) is 5.69 Å². The molecule has 0 unspecified atom stereocenters. The first-order chi connectivity index (χ1) is 9.15. The van der Waals surface area contributed by atoms with Crippen molar-refractivity contribution in [3.63, 3.8) is 0 Å². The third kappa shape index (κ3) is 3.64. The standard InChI is InChI=1S/C14H14N2O3/c15-10-5-7-11(8-6-10)19-13-4-2-1-3-12(13)18-9-14(16)17/h1-8H,9,15H2,(H2,16,17). The fourth-order valence-electron chi connectivity index (χ4n) is 1.47. The Kier molecular flexibility index (Phi) is 3.87. The van der Waals surface area contributed by atoms with Crippen LogP contribution < -0.4 is 20.9 Å². The minimum Gasteiger partial charge on any atom is -0.480 e. The number of amides is 1. The van der Waals surface area contributed by atoms with Crippen LogP contribution in [0.5, 0.6) is 17.2 Å². The average molecular weight is 258 g/mol. The van der Waals surface area contributed by atoms with E-state index in [0.717, 1.165) is 0 Å². The van der Waals surface area contributed by atoms with Crippen LogP contribution in [-0.4, -0.2) is 12.5 Å². The Hall–Kier alpha value is -2.69. The highest BCUT2D eigenvalue weighted by Crippen LogP contribution is 2.31. The summed E-state index contributed by atoms with van der Waals surface area (Å²) in [6.07, 6.45) is 0. The summed E-state index contributed by atoms with van der Waals surface area (Å²) in [6.45, 7) is -0.192. The zero-order valence-electron chi connectivity index (χ0n) is 10.2. The summed E-state index contributed by atoms with van der Waals surface area (Å²) in [4.78, 5) is 10.7. The van der Waals surface area contributed by atoms with Gasteiger partial charge in [0.05, 0.1) is 0 Å². The lowest BCUT2D eigenvalue weighted by Crippen LogP contribution is -2.20. The van der Waals surface area contributed by atoms with Crippen LogP contribution in [0.15, 0.2) is 48.5 Å². The highest BCUT2D eigenvalue weighted by atomic mass is 16.5. The SMILES string of the molecule is NC(=O)COc1ccccc1Oc1ccc(N)cc1. The average Bonchev–Trinajstić information content (AvgIpc) is 2.40. The molecule has 0 aromatic heterocycles. The number of ether oxygens (including phenoxy) is 2. The predicted molar refractivity (Wildman–Crippen MR) is 72.1 cm³/mol. The van der Waals surface area contributed by atoms with Crippen molar-refractivity contribution in [1.29, 1.82) is 0 Å². The molecule has 19 heavy (non-hydrogen) atoms. The van der Waals surface area contributed by atoms with E-state index in [1.807, 2.05) is 6.07 Å². The number of primary amides is 1. The van der Waals surface area contributed by atoms with E-state index in [1.165, 1.54) is 0 Å². The van der Waals surface area contributed by atoms with E-state index in [-0.39, 0.29) is 6.61 Å². The molecule has 0 fully saturated rings. The number of benzene rings is 2. The molecular weight excluding hydrogens is 244 g/mol. The molecule has 0 bridgehead atoms. The van der Waals surface area contributed by atoms with Crippen LogP contribution in [0.1, 0.15) is 0 Å². The molecule has 2 aromatic carbocycles. The van der Waals surface area contributed by atoms with Crippen LogP contribution in [0.4, 0.5) is 5.69 Å². The van der Waals surface area contributed by atoms with E-state index in [2.05, 4.69) is 0 Å². The van der Waals surface area contributed by atoms with Gasteiger partial charge in [0.1, 0.15) is 5.75 Å². The summed E-state index contributed by atoms with van der Waals surface area (Å²) in [5.41, 5.74) is 11.3. The van der Waals surface area contributed by atoms with Crippen LogP contribution in [0.25, 0.3) is 0 Å². The second-order valence-corrected chi connectivity index (χ2v) is 3.87. The summed E-state index contributed by atoms with van der Waals surface area (Å²) in [7, 11) is 0. The van der Waals surface area contributed by atoms with Gasteiger partial charge in [-0.25, -0.2) is 0 Å². The molecule has 0 spiro atoms. The van der Waals surface area contributed by atoms with Gasteiger partial charge in [-0.2, -0.15) is 0 Å². The van der Waals surface area contributed by atoms with Crippen molar-refractivity contribution in [3.8, 4) is 17.2 Å². The van der Waals surface area contributed by atoms with E-state index in [1.54, 1.807) is 42.5 Å². The smallest absolute Gasteiger partial charge is 0.255 e. The maximum atomic E-state index is 10.7. The Labute approximate surface area is 110 Å². The Morgan fingerprint density at radius 2 is 1.63 bits per heavy atom. The molecule has 5 heteroatoms. The van der Waals surface area contributed by atoms with Gasteiger partial charge in [-0.05, 0) is 36.4 Å². The van der Waals surface area contributed by atoms with Crippen molar-refractivity contribution in [2.75, 3.05) is 12.3 Å². The Bertz CT molecular complexity index is 567. The summed E-state index contributed by atoms with van der Waals surface area (Å²) in [6, 6.07) is 14.0. The monoisotopic (exact) mass is 258 g/mol. The van der Waals surface area contributed by atoms with E-state index in [0.29, 0.717) is 22.9 Å². The van der Waals surface area contributed by atoms with Gasteiger partial charge >= 0.3 is 0 Å². The van der Waals surface area contributed by atoms with Crippen molar-refractivity contribution in [3.05, 3.63) is 48.5 Å². The van der Waals surface area contributed by atoms with Crippen molar-refractivity contribution >= 4 is 11.6 Å². The summed E-state index contributed by atoms with van der Waals surface area (Å²) >= 11 is 0. The number of hydrogen-bond donors (Lipinski definition) is 2. The topological polar surface area (TPSA) is 87.6 Å². The third-order valence-corrected chi connectivity index (χ3v) is 2.33. The first kappa shape index (κ1) is 12.8. The predicted octanol–water partition coefficient (Wildman–Crippen LogP) is 1.93. The molecule has 4 N–H and O–H groups in total. The van der Waals surface area contributed by atoms with Gasteiger partial charge in [0.25, 0.3) is 5.91 Å². The van der Waals surface area contributed by atoms with Gasteiger partial charge in [-0.1, -0.05) is 12.1 Å². The Morgan fingerprint density at radius 1 is 1.00 bits per heavy atom. The number of carbonyl (C=O) groups excluding carboxylic acids is 1. The molecular formula is C14H14N2O3. The van der Waals surface area contributed by atoms with E-state index in [4.69, 9.17) is 20.9 Å². The second-order valence-electron chi connectivity index (χ2n) is 3.87. The molecule has 0 atom stereocenters. The minimum absolute atomic E-state index is 0.192. The highest BCUT2D eigenvalue weighted by Gasteiger charge is 2.06. The molecule has 0 aliphatic heterocycles. The van der Waals surface area contributed by atoms with Gasteiger partial charge in [-0.3, -0.25) is 4.79 Å². The van der Waals surface area contributed by atoms with Crippen molar-refractivity contribution in [2.45, 2.75) is 0 Å². The number of rotatable bonds is 5. The van der Waals surface area contributed by atoms with Gasteiger partial charge < -0.3 is 20.9 Å². The quantitative estimate of drug-likeness (QED) is 0.802. The van der Waals surface area contributed by atoms with Crippen LogP contribution in [0, 0.1) is 0 Å².